The highest BCUT2D eigenvalue weighted by Gasteiger charge is 2.27. The molecule has 0 aliphatic carbocycles. The molecule has 0 rings (SSSR count). The van der Waals surface area contributed by atoms with E-state index in [1.165, 1.54) is 257 Å². The molecule has 0 saturated carbocycles. The first-order valence-corrected chi connectivity index (χ1v) is 37.9. The van der Waals surface area contributed by atoms with E-state index in [2.05, 4.69) is 62.5 Å². The molecule has 0 aliphatic rings. The van der Waals surface area contributed by atoms with Crippen molar-refractivity contribution in [2.24, 2.45) is 0 Å². The molecule has 0 aromatic carbocycles. The van der Waals surface area contributed by atoms with Crippen LogP contribution in [0.1, 0.15) is 361 Å². The van der Waals surface area contributed by atoms with Crippen molar-refractivity contribution in [1.82, 2.24) is 5.32 Å². The van der Waals surface area contributed by atoms with Crippen LogP contribution in [0.25, 0.3) is 0 Å². The topological polar surface area (TPSA) is 114 Å². The van der Waals surface area contributed by atoms with Gasteiger partial charge in [-0.3, -0.25) is 14.2 Å². The van der Waals surface area contributed by atoms with Crippen molar-refractivity contribution in [2.75, 3.05) is 40.9 Å². The van der Waals surface area contributed by atoms with E-state index in [1.807, 2.05) is 33.3 Å². The van der Waals surface area contributed by atoms with Gasteiger partial charge in [-0.2, -0.15) is 0 Å². The van der Waals surface area contributed by atoms with Gasteiger partial charge in [0, 0.05) is 12.8 Å². The summed E-state index contributed by atoms with van der Waals surface area (Å²) in [6.07, 6.45) is 80.9. The Morgan fingerprint density at radius 3 is 1.11 bits per heavy atom. The molecule has 84 heavy (non-hydrogen) atoms. The number of allylic oxidation sites excluding steroid dienone is 7. The van der Waals surface area contributed by atoms with Crippen molar-refractivity contribution < 1.29 is 37.3 Å². The van der Waals surface area contributed by atoms with Gasteiger partial charge in [-0.25, -0.2) is 0 Å². The molecule has 0 aromatic rings. The minimum atomic E-state index is -4.70. The maximum Gasteiger partial charge on any atom is 0.306 e. The number of carbonyl (C=O) groups is 2. The van der Waals surface area contributed by atoms with Crippen molar-refractivity contribution in [1.29, 1.82) is 0 Å². The summed E-state index contributed by atoms with van der Waals surface area (Å²) in [5.41, 5.74) is 0. The van der Waals surface area contributed by atoms with E-state index in [1.54, 1.807) is 0 Å². The van der Waals surface area contributed by atoms with E-state index in [9.17, 15) is 19.0 Å². The Bertz CT molecular complexity index is 1570. The summed E-state index contributed by atoms with van der Waals surface area (Å²) in [4.78, 5) is 40.2. The van der Waals surface area contributed by atoms with Crippen LogP contribution in [0.4, 0.5) is 0 Å². The van der Waals surface area contributed by atoms with Crippen LogP contribution in [0.5, 0.6) is 0 Å². The molecule has 3 unspecified atom stereocenters. The third kappa shape index (κ3) is 64.4. The summed E-state index contributed by atoms with van der Waals surface area (Å²) in [5, 5.41) is 3.05. The van der Waals surface area contributed by atoms with E-state index in [0.717, 1.165) is 70.6 Å². The lowest BCUT2D eigenvalue weighted by atomic mass is 10.0. The fraction of sp³-hybridized carbons (Fsp3) is 0.865. The number of carbonyl (C=O) groups excluding carboxylic acids is 2. The minimum Gasteiger partial charge on any atom is -0.756 e. The summed E-state index contributed by atoms with van der Waals surface area (Å²) >= 11 is 0. The summed E-state index contributed by atoms with van der Waals surface area (Å²) < 4.78 is 30.5. The molecule has 0 bridgehead atoms. The smallest absolute Gasteiger partial charge is 0.306 e. The summed E-state index contributed by atoms with van der Waals surface area (Å²) in [6.45, 7) is 6.87. The third-order valence-corrected chi connectivity index (χ3v) is 17.5. The quantitative estimate of drug-likeness (QED) is 0.0212. The number of hydrogen-bond acceptors (Lipinski definition) is 7. The van der Waals surface area contributed by atoms with Crippen LogP contribution < -0.4 is 10.2 Å². The molecule has 0 radical (unpaired) electrons. The SMILES string of the molecule is CCCCC/C=C\C/C=C\C/C=C\CCCCCCCCCCCCC(=O)OC(/C=C/CCCCCCCCCCCC)C(COP(=O)([O-])OCC[N+](C)(C)C)NC(=O)CCCCCCCCCCCCCCCCCCCCCCCCC. The number of rotatable bonds is 67. The molecule has 9 nitrogen and oxygen atoms in total. The van der Waals surface area contributed by atoms with E-state index >= 15 is 0 Å². The number of ether oxygens (including phenoxy) is 1. The zero-order valence-corrected chi connectivity index (χ0v) is 57.5. The van der Waals surface area contributed by atoms with E-state index in [4.69, 9.17) is 13.8 Å². The summed E-state index contributed by atoms with van der Waals surface area (Å²) in [5.74, 6) is -0.527. The maximum atomic E-state index is 13.6. The largest absolute Gasteiger partial charge is 0.756 e. The number of nitrogens with zero attached hydrogens (tertiary/aromatic N) is 1. The highest BCUT2D eigenvalue weighted by Crippen LogP contribution is 2.38. The van der Waals surface area contributed by atoms with Crippen LogP contribution in [0, 0.1) is 0 Å². The van der Waals surface area contributed by atoms with Crippen molar-refractivity contribution in [2.45, 2.75) is 373 Å². The molecule has 1 N–H and O–H groups in total. The Kier molecular flexibility index (Phi) is 62.4. The average Bonchev–Trinajstić information content (AvgIpc) is 3.65. The lowest BCUT2D eigenvalue weighted by Gasteiger charge is -2.30. The van der Waals surface area contributed by atoms with Crippen molar-refractivity contribution in [3.05, 3.63) is 48.6 Å². The van der Waals surface area contributed by atoms with Crippen LogP contribution in [0.15, 0.2) is 48.6 Å². The second-order valence-electron chi connectivity index (χ2n) is 26.1. The Morgan fingerprint density at radius 1 is 0.417 bits per heavy atom. The summed E-state index contributed by atoms with van der Waals surface area (Å²) in [6, 6.07) is -0.888. The molecular weight excluding hydrogens is 1060 g/mol. The number of nitrogens with one attached hydrogen (secondary N) is 1. The molecule has 0 aromatic heterocycles. The molecule has 0 aliphatic heterocycles. The zero-order chi connectivity index (χ0) is 61.4. The lowest BCUT2D eigenvalue weighted by Crippen LogP contribution is -2.47. The van der Waals surface area contributed by atoms with Crippen LogP contribution in [-0.2, 0) is 27.9 Å². The number of quaternary nitrogens is 1. The number of phosphoric acid groups is 1. The molecule has 494 valence electrons. The highest BCUT2D eigenvalue weighted by atomic mass is 31.2. The predicted octanol–water partition coefficient (Wildman–Crippen LogP) is 22.6. The molecule has 10 heteroatoms. The second kappa shape index (κ2) is 64.0. The van der Waals surface area contributed by atoms with Crippen LogP contribution in [0.2, 0.25) is 0 Å². The molecule has 0 spiro atoms. The van der Waals surface area contributed by atoms with Crippen molar-refractivity contribution in [3.8, 4) is 0 Å². The second-order valence-corrected chi connectivity index (χ2v) is 27.5. The molecule has 0 heterocycles. The van der Waals surface area contributed by atoms with Gasteiger partial charge in [0.1, 0.15) is 19.3 Å². The Hall–Kier alpha value is -2.03. The van der Waals surface area contributed by atoms with Gasteiger partial charge < -0.3 is 28.5 Å². The predicted molar refractivity (Wildman–Crippen MR) is 363 cm³/mol. The minimum absolute atomic E-state index is 0.0210. The van der Waals surface area contributed by atoms with Gasteiger partial charge in [-0.15, -0.1) is 0 Å². The molecule has 0 saturated heterocycles. The number of amides is 1. The molecule has 0 fully saturated rings. The number of unbranched alkanes of at least 4 members (excludes halogenated alkanes) is 45. The molecule has 3 atom stereocenters. The Morgan fingerprint density at radius 2 is 0.726 bits per heavy atom. The van der Waals surface area contributed by atoms with Gasteiger partial charge in [0.25, 0.3) is 7.82 Å². The first-order valence-electron chi connectivity index (χ1n) is 36.4. The third-order valence-electron chi connectivity index (χ3n) is 16.5. The van der Waals surface area contributed by atoms with Crippen LogP contribution >= 0.6 is 7.82 Å². The van der Waals surface area contributed by atoms with E-state index in [-0.39, 0.29) is 31.5 Å². The van der Waals surface area contributed by atoms with Crippen molar-refractivity contribution in [3.63, 3.8) is 0 Å². The maximum absolute atomic E-state index is 13.6. The number of likely N-dealkylation sites (N-methyl/N-ethyl adjacent to an activating group) is 1. The van der Waals surface area contributed by atoms with Gasteiger partial charge in [0.15, 0.2) is 0 Å². The number of hydrogen-bond donors (Lipinski definition) is 1. The summed E-state index contributed by atoms with van der Waals surface area (Å²) in [7, 11) is 1.20. The van der Waals surface area contributed by atoms with Crippen LogP contribution in [0.3, 0.4) is 0 Å². The van der Waals surface area contributed by atoms with Gasteiger partial charge >= 0.3 is 5.97 Å². The highest BCUT2D eigenvalue weighted by molar-refractivity contribution is 7.45. The van der Waals surface area contributed by atoms with Gasteiger partial charge in [-0.1, -0.05) is 327 Å². The zero-order valence-electron chi connectivity index (χ0n) is 56.6. The normalized spacial score (nSPS) is 13.8. The molecular formula is C74H141N2O7P. The fourth-order valence-corrected chi connectivity index (χ4v) is 11.6. The van der Waals surface area contributed by atoms with Gasteiger partial charge in [-0.05, 0) is 70.3 Å². The number of esters is 1. The van der Waals surface area contributed by atoms with Crippen LogP contribution in [-0.4, -0.2) is 69.4 Å². The van der Waals surface area contributed by atoms with E-state index < -0.39 is 20.0 Å². The van der Waals surface area contributed by atoms with Gasteiger partial charge in [0.2, 0.25) is 5.91 Å². The monoisotopic (exact) mass is 1200 g/mol. The van der Waals surface area contributed by atoms with Gasteiger partial charge in [0.05, 0.1) is 33.8 Å². The first-order chi connectivity index (χ1) is 40.9. The average molecular weight is 1200 g/mol. The fourth-order valence-electron chi connectivity index (χ4n) is 10.9. The lowest BCUT2D eigenvalue weighted by molar-refractivity contribution is -0.870. The van der Waals surface area contributed by atoms with Crippen molar-refractivity contribution >= 4 is 19.7 Å². The Labute approximate surface area is 522 Å². The number of phosphoric ester groups is 1. The Balaban J connectivity index is 5.03. The first kappa shape index (κ1) is 82.0. The standard InChI is InChI=1S/C74H141N2O7P/c1-7-10-13-16-19-22-25-28-30-32-34-36-38-40-42-44-46-48-51-54-57-60-63-66-73(77)75-71(70-82-84(79,80)81-69-68-76(4,5)6)72(65-62-59-56-53-50-27-24-21-18-15-12-9-3)83-74(78)67-64-61-58-55-52-49-47-45-43-41-39-37-35-33-31-29-26-23-20-17-14-11-8-2/h20,23,29,31,35,37,62,65,71-72H,7-19,21-22,24-28,30,32-34,36,38-61,63-64,66-70H2,1-6H3,(H-,75,77,79,80)/b23-20-,31-29-,37-35-,65-62+. The molecule has 1 amide bonds. The van der Waals surface area contributed by atoms with E-state index in [0.29, 0.717) is 17.4 Å².